The summed E-state index contributed by atoms with van der Waals surface area (Å²) in [6.07, 6.45) is 4.69. The first kappa shape index (κ1) is 24.8. The molecule has 1 saturated carbocycles. The van der Waals surface area contributed by atoms with Crippen LogP contribution in [0.15, 0.2) is 16.9 Å². The zero-order chi connectivity index (χ0) is 25.7. The van der Waals surface area contributed by atoms with Gasteiger partial charge in [0, 0.05) is 62.9 Å². The zero-order valence-electron chi connectivity index (χ0n) is 21.5. The highest BCUT2D eigenvalue weighted by atomic mass is 19.1. The Hall–Kier alpha value is -2.56. The molecule has 4 heterocycles. The van der Waals surface area contributed by atoms with Crippen molar-refractivity contribution in [1.29, 1.82) is 0 Å². The molecule has 4 aliphatic rings. The molecule has 6 rings (SSSR count). The number of piperidine rings is 2. The Morgan fingerprint density at radius 2 is 1.73 bits per heavy atom. The van der Waals surface area contributed by atoms with Crippen molar-refractivity contribution in [3.8, 4) is 0 Å². The summed E-state index contributed by atoms with van der Waals surface area (Å²) in [5.41, 5.74) is 1.42. The molecule has 0 radical (unpaired) electrons. The van der Waals surface area contributed by atoms with Gasteiger partial charge in [0.1, 0.15) is 11.9 Å². The fraction of sp³-hybridized carbons (Fsp3) is 0.667. The Bertz CT molecular complexity index is 1260. The van der Waals surface area contributed by atoms with Crippen molar-refractivity contribution >= 4 is 22.8 Å². The van der Waals surface area contributed by atoms with E-state index in [9.17, 15) is 14.4 Å². The minimum absolute atomic E-state index is 0.0846. The fourth-order valence-electron chi connectivity index (χ4n) is 6.46. The van der Waals surface area contributed by atoms with Crippen LogP contribution in [0.4, 0.5) is 4.39 Å². The Morgan fingerprint density at radius 3 is 2.43 bits per heavy atom. The van der Waals surface area contributed by atoms with E-state index in [0.29, 0.717) is 29.2 Å². The Kier molecular flexibility index (Phi) is 6.66. The number of carbonyl (C=O) groups excluding carboxylic acids is 2. The van der Waals surface area contributed by atoms with Gasteiger partial charge in [-0.2, -0.15) is 0 Å². The molecule has 0 bridgehead atoms. The summed E-state index contributed by atoms with van der Waals surface area (Å²) in [6.45, 7) is 8.87. The van der Waals surface area contributed by atoms with Crippen LogP contribution in [-0.2, 0) is 16.1 Å². The quantitative estimate of drug-likeness (QED) is 0.574. The van der Waals surface area contributed by atoms with Crippen LogP contribution in [0, 0.1) is 11.7 Å². The van der Waals surface area contributed by atoms with Crippen molar-refractivity contribution in [2.75, 3.05) is 39.3 Å². The summed E-state index contributed by atoms with van der Waals surface area (Å²) in [6, 6.07) is 2.94. The maximum atomic E-state index is 15.5. The largest absolute Gasteiger partial charge is 0.330 e. The standard InChI is InChI=1S/C27H37FN6O3/c1-17-14-31(10-11-32(17)15-18-6-8-29-9-7-18)16-19-12-23-24(13-21(19)28)34(27(37)33(23)20-2-3-20)22-4-5-25(35)30-26(22)36/h12-13,17-18,20,22,29H,2-11,14-16H2,1H3,(H,30,35,36). The minimum atomic E-state index is -0.799. The summed E-state index contributed by atoms with van der Waals surface area (Å²) < 4.78 is 18.6. The molecule has 3 saturated heterocycles. The lowest BCUT2D eigenvalue weighted by Crippen LogP contribution is -2.53. The average molecular weight is 513 g/mol. The highest BCUT2D eigenvalue weighted by Gasteiger charge is 2.36. The molecule has 2 unspecified atom stereocenters. The summed E-state index contributed by atoms with van der Waals surface area (Å²) in [4.78, 5) is 42.6. The minimum Gasteiger partial charge on any atom is -0.317 e. The Labute approximate surface area is 216 Å². The summed E-state index contributed by atoms with van der Waals surface area (Å²) in [7, 11) is 0. The van der Waals surface area contributed by atoms with Gasteiger partial charge in [-0.3, -0.25) is 33.8 Å². The second-order valence-corrected chi connectivity index (χ2v) is 11.4. The summed E-state index contributed by atoms with van der Waals surface area (Å²) in [5.74, 6) is -0.429. The number of nitrogens with one attached hydrogen (secondary N) is 2. The maximum absolute atomic E-state index is 15.5. The number of aromatic nitrogens is 2. The van der Waals surface area contributed by atoms with Crippen molar-refractivity contribution in [1.82, 2.24) is 29.6 Å². The van der Waals surface area contributed by atoms with Crippen LogP contribution in [0.1, 0.15) is 63.1 Å². The molecule has 2 amide bonds. The lowest BCUT2D eigenvalue weighted by Gasteiger charge is -2.42. The van der Waals surface area contributed by atoms with Crippen LogP contribution in [0.5, 0.6) is 0 Å². The molecule has 0 spiro atoms. The van der Waals surface area contributed by atoms with Crippen molar-refractivity contribution < 1.29 is 14.0 Å². The number of amides is 2. The maximum Gasteiger partial charge on any atom is 0.330 e. The van der Waals surface area contributed by atoms with Gasteiger partial charge < -0.3 is 5.32 Å². The SMILES string of the molecule is CC1CN(Cc2cc3c(cc2F)n(C2CCC(=O)NC2=O)c(=O)n3C2CC2)CCN1CC1CCNCC1. The third kappa shape index (κ3) is 4.86. The van der Waals surface area contributed by atoms with Gasteiger partial charge in [-0.15, -0.1) is 0 Å². The number of imidazole rings is 1. The van der Waals surface area contributed by atoms with Crippen LogP contribution in [0.3, 0.4) is 0 Å². The monoisotopic (exact) mass is 512 g/mol. The molecule has 4 fully saturated rings. The summed E-state index contributed by atoms with van der Waals surface area (Å²) in [5, 5.41) is 5.77. The predicted octanol–water partition coefficient (Wildman–Crippen LogP) is 1.76. The first-order valence-corrected chi connectivity index (χ1v) is 13.8. The van der Waals surface area contributed by atoms with Crippen molar-refractivity contribution in [3.63, 3.8) is 0 Å². The molecule has 2 atom stereocenters. The number of piperazine rings is 1. The fourth-order valence-corrected chi connectivity index (χ4v) is 6.46. The Morgan fingerprint density at radius 1 is 0.973 bits per heavy atom. The van der Waals surface area contributed by atoms with Crippen molar-refractivity contribution in [3.05, 3.63) is 34.0 Å². The van der Waals surface area contributed by atoms with E-state index in [1.54, 1.807) is 4.57 Å². The topological polar surface area (TPSA) is 91.6 Å². The van der Waals surface area contributed by atoms with Gasteiger partial charge in [0.15, 0.2) is 0 Å². The smallest absolute Gasteiger partial charge is 0.317 e. The molecule has 9 nitrogen and oxygen atoms in total. The molecule has 37 heavy (non-hydrogen) atoms. The normalized spacial score (nSPS) is 26.6. The van der Waals surface area contributed by atoms with Gasteiger partial charge >= 0.3 is 5.69 Å². The average Bonchev–Trinajstić information content (AvgIpc) is 3.66. The molecule has 2 aromatic rings. The number of fused-ring (bicyclic) bond motifs is 1. The van der Waals surface area contributed by atoms with E-state index in [-0.39, 0.29) is 36.3 Å². The van der Waals surface area contributed by atoms with Crippen LogP contribution >= 0.6 is 0 Å². The van der Waals surface area contributed by atoms with E-state index in [0.717, 1.165) is 58.0 Å². The molecule has 3 aliphatic heterocycles. The molecular formula is C27H37FN6O3. The van der Waals surface area contributed by atoms with Gasteiger partial charge in [0.05, 0.1) is 11.0 Å². The van der Waals surface area contributed by atoms with E-state index < -0.39 is 11.9 Å². The van der Waals surface area contributed by atoms with E-state index in [1.807, 2.05) is 6.07 Å². The third-order valence-corrected chi connectivity index (χ3v) is 8.70. The van der Waals surface area contributed by atoms with Gasteiger partial charge in [-0.1, -0.05) is 0 Å². The molecule has 1 aromatic heterocycles. The summed E-state index contributed by atoms with van der Waals surface area (Å²) >= 11 is 0. The number of hydrogen-bond donors (Lipinski definition) is 2. The Balaban J connectivity index is 1.23. The zero-order valence-corrected chi connectivity index (χ0v) is 21.5. The number of rotatable bonds is 6. The van der Waals surface area contributed by atoms with Crippen molar-refractivity contribution in [2.24, 2.45) is 5.92 Å². The number of imide groups is 1. The third-order valence-electron chi connectivity index (χ3n) is 8.70. The first-order chi connectivity index (χ1) is 17.9. The second kappa shape index (κ2) is 9.96. The van der Waals surface area contributed by atoms with Gasteiger partial charge in [-0.25, -0.2) is 9.18 Å². The molecular weight excluding hydrogens is 475 g/mol. The van der Waals surface area contributed by atoms with Crippen LogP contribution in [0.2, 0.25) is 0 Å². The van der Waals surface area contributed by atoms with Crippen molar-refractivity contribution in [2.45, 2.75) is 70.1 Å². The molecule has 2 N–H and O–H groups in total. The molecule has 1 aliphatic carbocycles. The lowest BCUT2D eigenvalue weighted by molar-refractivity contribution is -0.135. The lowest BCUT2D eigenvalue weighted by atomic mass is 9.96. The highest BCUT2D eigenvalue weighted by Crippen LogP contribution is 2.38. The second-order valence-electron chi connectivity index (χ2n) is 11.4. The van der Waals surface area contributed by atoms with E-state index in [1.165, 1.54) is 23.5 Å². The van der Waals surface area contributed by atoms with E-state index in [2.05, 4.69) is 27.4 Å². The number of carbonyl (C=O) groups is 2. The predicted molar refractivity (Wildman–Crippen MR) is 138 cm³/mol. The van der Waals surface area contributed by atoms with Gasteiger partial charge in [-0.05, 0) is 64.1 Å². The number of halogens is 1. The molecule has 200 valence electrons. The molecule has 10 heteroatoms. The van der Waals surface area contributed by atoms with Crippen LogP contribution < -0.4 is 16.3 Å². The highest BCUT2D eigenvalue weighted by molar-refractivity contribution is 6.00. The van der Waals surface area contributed by atoms with Crippen LogP contribution in [-0.4, -0.2) is 76.1 Å². The number of benzene rings is 1. The first-order valence-electron chi connectivity index (χ1n) is 13.8. The van der Waals surface area contributed by atoms with Crippen LogP contribution in [0.25, 0.3) is 11.0 Å². The number of hydrogen-bond acceptors (Lipinski definition) is 6. The van der Waals surface area contributed by atoms with Gasteiger partial charge in [0.2, 0.25) is 11.8 Å². The van der Waals surface area contributed by atoms with E-state index in [4.69, 9.17) is 0 Å². The van der Waals surface area contributed by atoms with E-state index >= 15 is 4.39 Å². The number of nitrogens with zero attached hydrogens (tertiary/aromatic N) is 4. The van der Waals surface area contributed by atoms with Gasteiger partial charge in [0.25, 0.3) is 0 Å². The molecule has 1 aromatic carbocycles.